The lowest BCUT2D eigenvalue weighted by Crippen LogP contribution is -2.57. The lowest BCUT2D eigenvalue weighted by atomic mass is 9.95. The third kappa shape index (κ3) is 3.85. The third-order valence-electron chi connectivity index (χ3n) is 3.79. The normalized spacial score (nSPS) is 19.2. The zero-order chi connectivity index (χ0) is 15.3. The van der Waals surface area contributed by atoms with Crippen molar-refractivity contribution >= 4 is 17.9 Å². The monoisotopic (exact) mass is 285 g/mol. The van der Waals surface area contributed by atoms with Crippen LogP contribution in [0, 0.1) is 5.92 Å². The average Bonchev–Trinajstić information content (AvgIpc) is 2.38. The number of nitrogens with one attached hydrogen (secondary N) is 1. The Labute approximate surface area is 118 Å². The summed E-state index contributed by atoms with van der Waals surface area (Å²) in [6, 6.07) is -0.397. The molecule has 0 radical (unpaired) electrons. The molecule has 1 saturated heterocycles. The largest absolute Gasteiger partial charge is 0.480 e. The van der Waals surface area contributed by atoms with Gasteiger partial charge in [0.05, 0.1) is 0 Å². The second-order valence-electron chi connectivity index (χ2n) is 5.48. The van der Waals surface area contributed by atoms with Gasteiger partial charge in [0.25, 0.3) is 0 Å². The predicted octanol–water partition coefficient (Wildman–Crippen LogP) is 0.537. The van der Waals surface area contributed by atoms with Crippen molar-refractivity contribution in [3.05, 3.63) is 0 Å². The summed E-state index contributed by atoms with van der Waals surface area (Å²) in [5.41, 5.74) is 3.98. The maximum Gasteiger partial charge on any atom is 0.329 e. The van der Waals surface area contributed by atoms with Crippen LogP contribution in [-0.4, -0.2) is 46.5 Å². The minimum Gasteiger partial charge on any atom is -0.480 e. The van der Waals surface area contributed by atoms with E-state index in [4.69, 9.17) is 5.73 Å². The molecule has 1 rings (SSSR count). The summed E-state index contributed by atoms with van der Waals surface area (Å²) in [4.78, 5) is 36.0. The number of hydrogen-bond acceptors (Lipinski definition) is 3. The van der Waals surface area contributed by atoms with Gasteiger partial charge in [0, 0.05) is 19.0 Å². The van der Waals surface area contributed by atoms with Crippen LogP contribution in [0.2, 0.25) is 0 Å². The summed E-state index contributed by atoms with van der Waals surface area (Å²) >= 11 is 0. The summed E-state index contributed by atoms with van der Waals surface area (Å²) < 4.78 is 0. The summed E-state index contributed by atoms with van der Waals surface area (Å²) in [5, 5.41) is 11.8. The fourth-order valence-corrected chi connectivity index (χ4v) is 2.41. The highest BCUT2D eigenvalue weighted by Gasteiger charge is 2.36. The molecule has 0 spiro atoms. The highest BCUT2D eigenvalue weighted by Crippen LogP contribution is 2.18. The van der Waals surface area contributed by atoms with Crippen molar-refractivity contribution < 1.29 is 19.5 Å². The van der Waals surface area contributed by atoms with Gasteiger partial charge in [-0.25, -0.2) is 9.59 Å². The number of carboxylic acids is 1. The van der Waals surface area contributed by atoms with Crippen LogP contribution in [0.15, 0.2) is 0 Å². The number of amides is 3. The molecule has 0 aromatic heterocycles. The molecule has 0 aliphatic carbocycles. The molecule has 1 unspecified atom stereocenters. The second-order valence-corrected chi connectivity index (χ2v) is 5.48. The van der Waals surface area contributed by atoms with Gasteiger partial charge in [-0.1, -0.05) is 13.3 Å². The van der Waals surface area contributed by atoms with Gasteiger partial charge in [0.1, 0.15) is 5.54 Å². The quantitative estimate of drug-likeness (QED) is 0.684. The van der Waals surface area contributed by atoms with Crippen molar-refractivity contribution in [3.63, 3.8) is 0 Å². The topological polar surface area (TPSA) is 113 Å². The van der Waals surface area contributed by atoms with Gasteiger partial charge in [-0.15, -0.1) is 0 Å². The van der Waals surface area contributed by atoms with Crippen molar-refractivity contribution in [2.24, 2.45) is 11.7 Å². The average molecular weight is 285 g/mol. The number of aliphatic carboxylic acids is 1. The van der Waals surface area contributed by atoms with E-state index in [9.17, 15) is 19.5 Å². The molecule has 0 saturated carbocycles. The third-order valence-corrected chi connectivity index (χ3v) is 3.79. The number of hydrogen-bond donors (Lipinski definition) is 3. The Hall–Kier alpha value is -1.79. The number of carbonyl (C=O) groups excluding carboxylic acids is 2. The van der Waals surface area contributed by atoms with Gasteiger partial charge in [-0.2, -0.15) is 0 Å². The molecule has 1 aliphatic heterocycles. The smallest absolute Gasteiger partial charge is 0.329 e. The van der Waals surface area contributed by atoms with Crippen LogP contribution in [0.3, 0.4) is 0 Å². The summed E-state index contributed by atoms with van der Waals surface area (Å²) in [6.07, 6.45) is 2.08. The van der Waals surface area contributed by atoms with E-state index in [0.717, 1.165) is 0 Å². The van der Waals surface area contributed by atoms with Gasteiger partial charge in [0.2, 0.25) is 5.91 Å². The van der Waals surface area contributed by atoms with Gasteiger partial charge < -0.3 is 21.1 Å². The van der Waals surface area contributed by atoms with E-state index in [1.807, 2.05) is 6.92 Å². The van der Waals surface area contributed by atoms with Gasteiger partial charge in [-0.05, 0) is 26.2 Å². The number of rotatable bonds is 5. The van der Waals surface area contributed by atoms with E-state index < -0.39 is 17.5 Å². The van der Waals surface area contributed by atoms with Crippen LogP contribution in [0.1, 0.15) is 39.5 Å². The molecule has 1 aliphatic rings. The van der Waals surface area contributed by atoms with Crippen molar-refractivity contribution in [3.8, 4) is 0 Å². The Balaban J connectivity index is 2.59. The molecular weight excluding hydrogens is 262 g/mol. The first kappa shape index (κ1) is 16.3. The predicted molar refractivity (Wildman–Crippen MR) is 73.0 cm³/mol. The molecule has 20 heavy (non-hydrogen) atoms. The maximum atomic E-state index is 12.1. The van der Waals surface area contributed by atoms with Gasteiger partial charge in [-0.3, -0.25) is 4.79 Å². The van der Waals surface area contributed by atoms with E-state index in [0.29, 0.717) is 38.8 Å². The molecule has 7 nitrogen and oxygen atoms in total. The van der Waals surface area contributed by atoms with Crippen LogP contribution in [0.5, 0.6) is 0 Å². The van der Waals surface area contributed by atoms with E-state index in [2.05, 4.69) is 5.32 Å². The first-order valence-corrected chi connectivity index (χ1v) is 6.90. The molecule has 0 aromatic rings. The van der Waals surface area contributed by atoms with Crippen molar-refractivity contribution in [2.45, 2.75) is 45.1 Å². The Kier molecular flexibility index (Phi) is 5.35. The Morgan fingerprint density at radius 3 is 2.30 bits per heavy atom. The summed E-state index contributed by atoms with van der Waals surface area (Å²) in [5.74, 6) is -1.58. The lowest BCUT2D eigenvalue weighted by molar-refractivity contribution is -0.144. The number of nitrogens with two attached hydrogens (primary N) is 1. The maximum absolute atomic E-state index is 12.1. The number of piperidine rings is 1. The minimum atomic E-state index is -1.26. The molecule has 3 amide bonds. The zero-order valence-electron chi connectivity index (χ0n) is 12.0. The summed E-state index contributed by atoms with van der Waals surface area (Å²) in [7, 11) is 0. The molecule has 4 N–H and O–H groups in total. The molecule has 0 aromatic carbocycles. The van der Waals surface area contributed by atoms with Crippen molar-refractivity contribution in [1.29, 1.82) is 0 Å². The Morgan fingerprint density at radius 1 is 1.35 bits per heavy atom. The molecular formula is C13H23N3O4. The number of urea groups is 1. The molecule has 1 heterocycles. The minimum absolute atomic E-state index is 0.194. The molecule has 7 heteroatoms. The van der Waals surface area contributed by atoms with Crippen LogP contribution in [0.25, 0.3) is 0 Å². The highest BCUT2D eigenvalue weighted by molar-refractivity contribution is 5.86. The Bertz CT molecular complexity index is 391. The summed E-state index contributed by atoms with van der Waals surface area (Å²) in [6.45, 7) is 4.21. The zero-order valence-corrected chi connectivity index (χ0v) is 12.0. The molecule has 1 atom stereocenters. The standard InChI is InChI=1S/C13H23N3O4/c1-3-6-13(2,11(18)19)15-12(20)16-7-4-9(5-8-16)10(14)17/h9H,3-8H2,1-2H3,(H2,14,17)(H,15,20)(H,18,19). The fraction of sp³-hybridized carbons (Fsp3) is 0.769. The number of nitrogens with zero attached hydrogens (tertiary/aromatic N) is 1. The van der Waals surface area contributed by atoms with Crippen LogP contribution in [0.4, 0.5) is 4.79 Å². The van der Waals surface area contributed by atoms with Crippen molar-refractivity contribution in [2.75, 3.05) is 13.1 Å². The van der Waals surface area contributed by atoms with Crippen LogP contribution >= 0.6 is 0 Å². The number of carbonyl (C=O) groups is 3. The second kappa shape index (κ2) is 6.58. The van der Waals surface area contributed by atoms with E-state index in [1.54, 1.807) is 0 Å². The molecule has 1 fully saturated rings. The van der Waals surface area contributed by atoms with E-state index >= 15 is 0 Å². The van der Waals surface area contributed by atoms with Gasteiger partial charge >= 0.3 is 12.0 Å². The Morgan fingerprint density at radius 2 is 1.90 bits per heavy atom. The molecule has 114 valence electrons. The number of likely N-dealkylation sites (tertiary alicyclic amines) is 1. The number of primary amides is 1. The lowest BCUT2D eigenvalue weighted by Gasteiger charge is -2.34. The van der Waals surface area contributed by atoms with E-state index in [-0.39, 0.29) is 11.8 Å². The first-order valence-electron chi connectivity index (χ1n) is 6.90. The molecule has 0 bridgehead atoms. The first-order chi connectivity index (χ1) is 9.30. The highest BCUT2D eigenvalue weighted by atomic mass is 16.4. The van der Waals surface area contributed by atoms with Gasteiger partial charge in [0.15, 0.2) is 0 Å². The van der Waals surface area contributed by atoms with E-state index in [1.165, 1.54) is 11.8 Å². The van der Waals surface area contributed by atoms with Crippen molar-refractivity contribution in [1.82, 2.24) is 10.2 Å². The van der Waals surface area contributed by atoms with Crippen LogP contribution in [-0.2, 0) is 9.59 Å². The van der Waals surface area contributed by atoms with Crippen LogP contribution < -0.4 is 11.1 Å². The SMILES string of the molecule is CCCC(C)(NC(=O)N1CCC(C(N)=O)CC1)C(=O)O. The number of carboxylic acid groups (broad SMARTS) is 1. The fourth-order valence-electron chi connectivity index (χ4n) is 2.41.